The maximum atomic E-state index is 5.23. The highest BCUT2D eigenvalue weighted by Crippen LogP contribution is 2.42. The molecule has 0 saturated carbocycles. The highest BCUT2D eigenvalue weighted by atomic mass is 15.2. The number of aromatic nitrogens is 1. The Kier molecular flexibility index (Phi) is 6.38. The molecule has 0 amide bonds. The van der Waals surface area contributed by atoms with Crippen molar-refractivity contribution in [1.29, 1.82) is 0 Å². The number of aliphatic imine (C=N–C) groups is 2. The summed E-state index contributed by atoms with van der Waals surface area (Å²) in [5.74, 6) is 1.50. The molecule has 0 aliphatic rings. The van der Waals surface area contributed by atoms with Gasteiger partial charge in [-0.3, -0.25) is 9.56 Å². The molecule has 0 unspecified atom stereocenters. The molecule has 0 aliphatic carbocycles. The van der Waals surface area contributed by atoms with Gasteiger partial charge in [-0.15, -0.1) is 0 Å². The molecular weight excluding hydrogens is 536 g/mol. The summed E-state index contributed by atoms with van der Waals surface area (Å²) in [7, 11) is 1.83. The molecule has 1 aromatic heterocycles. The van der Waals surface area contributed by atoms with Crippen molar-refractivity contribution >= 4 is 55.1 Å². The summed E-state index contributed by atoms with van der Waals surface area (Å²) in [6.07, 6.45) is 0. The Morgan fingerprint density at radius 3 is 1.66 bits per heavy atom. The summed E-state index contributed by atoms with van der Waals surface area (Å²) in [6.45, 7) is 0.536. The van der Waals surface area contributed by atoms with Crippen LogP contribution in [0.1, 0.15) is 11.1 Å². The number of hydrogen-bond donors (Lipinski definition) is 1. The molecule has 0 atom stereocenters. The molecule has 210 valence electrons. The van der Waals surface area contributed by atoms with Crippen molar-refractivity contribution in [2.45, 2.75) is 6.54 Å². The Bertz CT molecular complexity index is 2230. The average molecular weight is 567 g/mol. The van der Waals surface area contributed by atoms with E-state index in [1.165, 1.54) is 43.4 Å². The number of amidine groups is 1. The van der Waals surface area contributed by atoms with Crippen LogP contribution in [0.25, 0.3) is 54.5 Å². The van der Waals surface area contributed by atoms with E-state index in [0.29, 0.717) is 6.54 Å². The highest BCUT2D eigenvalue weighted by Gasteiger charge is 2.21. The first-order valence-corrected chi connectivity index (χ1v) is 14.9. The molecule has 1 N–H and O–H groups in total. The monoisotopic (exact) mass is 566 g/mol. The van der Waals surface area contributed by atoms with Crippen molar-refractivity contribution in [3.63, 3.8) is 0 Å². The van der Waals surface area contributed by atoms with E-state index >= 15 is 0 Å². The van der Waals surface area contributed by atoms with Crippen LogP contribution in [0.15, 0.2) is 156 Å². The van der Waals surface area contributed by atoms with Gasteiger partial charge in [0.2, 0.25) is 5.96 Å². The molecule has 8 aromatic rings. The largest absolute Gasteiger partial charge is 0.310 e. The van der Waals surface area contributed by atoms with E-state index in [2.05, 4.69) is 143 Å². The Morgan fingerprint density at radius 1 is 0.545 bits per heavy atom. The molecule has 0 radical (unpaired) electrons. The third kappa shape index (κ3) is 4.31. The molecule has 0 aliphatic heterocycles. The molecule has 1 heterocycles. The summed E-state index contributed by atoms with van der Waals surface area (Å²) in [6, 6.07) is 51.3. The van der Waals surface area contributed by atoms with Crippen molar-refractivity contribution in [3.8, 4) is 11.1 Å². The standard InChI is InChI=1S/C40H30N4/c1-41-39(30-24-22-29(23-25-30)28-14-6-3-7-15-28)43-40(42-26-27-12-4-2-5-13-27)44-35-20-10-18-33-31-16-8-9-17-32(31)34-19-11-21-36(44)38(34)37(33)35/h2-25H,26H2,1H3,(H,41,42,43). The fraction of sp³-hybridized carbons (Fsp3) is 0.0500. The molecular formula is C40H30N4. The van der Waals surface area contributed by atoms with Crippen molar-refractivity contribution in [3.05, 3.63) is 157 Å². The maximum Gasteiger partial charge on any atom is 0.209 e. The predicted molar refractivity (Wildman–Crippen MR) is 186 cm³/mol. The van der Waals surface area contributed by atoms with Crippen LogP contribution in [0.4, 0.5) is 0 Å². The topological polar surface area (TPSA) is 41.7 Å². The number of rotatable bonds is 4. The van der Waals surface area contributed by atoms with E-state index in [-0.39, 0.29) is 0 Å². The SMILES string of the molecule is CN=C(NC(=NCc1ccccc1)n1c2cccc3c4ccccc4c4cccc1c4c32)c1ccc(-c2ccccc2)cc1. The van der Waals surface area contributed by atoms with Crippen LogP contribution in [0.3, 0.4) is 0 Å². The number of nitrogens with zero attached hydrogens (tertiary/aromatic N) is 3. The zero-order chi connectivity index (χ0) is 29.5. The molecule has 8 rings (SSSR count). The average Bonchev–Trinajstić information content (AvgIpc) is 3.44. The van der Waals surface area contributed by atoms with Gasteiger partial charge in [-0.25, -0.2) is 4.99 Å². The lowest BCUT2D eigenvalue weighted by molar-refractivity contribution is 1.01. The highest BCUT2D eigenvalue weighted by molar-refractivity contribution is 6.35. The lowest BCUT2D eigenvalue weighted by Crippen LogP contribution is -2.36. The first-order valence-electron chi connectivity index (χ1n) is 14.9. The van der Waals surface area contributed by atoms with Crippen molar-refractivity contribution in [2.24, 2.45) is 9.98 Å². The second-order valence-electron chi connectivity index (χ2n) is 11.0. The summed E-state index contributed by atoms with van der Waals surface area (Å²) in [4.78, 5) is 9.95. The fourth-order valence-electron chi connectivity index (χ4n) is 6.47. The quantitative estimate of drug-likeness (QED) is 0.129. The Labute approximate surface area is 256 Å². The molecule has 4 heteroatoms. The van der Waals surface area contributed by atoms with E-state index < -0.39 is 0 Å². The lowest BCUT2D eigenvalue weighted by atomic mass is 9.95. The summed E-state index contributed by atoms with van der Waals surface area (Å²) in [5, 5.41) is 11.2. The molecule has 7 aromatic carbocycles. The molecule has 0 bridgehead atoms. The zero-order valence-electron chi connectivity index (χ0n) is 24.4. The first-order chi connectivity index (χ1) is 21.8. The van der Waals surface area contributed by atoms with E-state index in [4.69, 9.17) is 9.98 Å². The van der Waals surface area contributed by atoms with Crippen LogP contribution < -0.4 is 5.32 Å². The van der Waals surface area contributed by atoms with Gasteiger partial charge in [-0.1, -0.05) is 133 Å². The molecule has 0 fully saturated rings. The minimum Gasteiger partial charge on any atom is -0.310 e. The summed E-state index contributed by atoms with van der Waals surface area (Å²) >= 11 is 0. The Hall–Kier alpha value is -5.74. The second kappa shape index (κ2) is 10.8. The van der Waals surface area contributed by atoms with E-state index in [1.807, 2.05) is 19.2 Å². The van der Waals surface area contributed by atoms with E-state index in [9.17, 15) is 0 Å². The van der Waals surface area contributed by atoms with Crippen LogP contribution in [0, 0.1) is 0 Å². The van der Waals surface area contributed by atoms with Gasteiger partial charge in [0.15, 0.2) is 0 Å². The van der Waals surface area contributed by atoms with Gasteiger partial charge >= 0.3 is 0 Å². The first kappa shape index (κ1) is 25.9. The van der Waals surface area contributed by atoms with E-state index in [0.717, 1.165) is 34.0 Å². The van der Waals surface area contributed by atoms with Gasteiger partial charge in [0.1, 0.15) is 5.84 Å². The van der Waals surface area contributed by atoms with Crippen molar-refractivity contribution in [2.75, 3.05) is 7.05 Å². The Morgan fingerprint density at radius 2 is 1.07 bits per heavy atom. The number of benzene rings is 7. The van der Waals surface area contributed by atoms with Crippen LogP contribution >= 0.6 is 0 Å². The van der Waals surface area contributed by atoms with Crippen LogP contribution in [0.2, 0.25) is 0 Å². The third-order valence-corrected chi connectivity index (χ3v) is 8.51. The second-order valence-corrected chi connectivity index (χ2v) is 11.0. The molecule has 0 spiro atoms. The summed E-state index contributed by atoms with van der Waals surface area (Å²) in [5.41, 5.74) is 6.74. The lowest BCUT2D eigenvalue weighted by Gasteiger charge is -2.16. The number of hydrogen-bond acceptors (Lipinski definition) is 2. The van der Waals surface area contributed by atoms with Gasteiger partial charge in [-0.05, 0) is 50.4 Å². The molecule has 44 heavy (non-hydrogen) atoms. The van der Waals surface area contributed by atoms with Gasteiger partial charge in [0.05, 0.1) is 17.6 Å². The smallest absolute Gasteiger partial charge is 0.209 e. The Balaban J connectivity index is 1.30. The third-order valence-electron chi connectivity index (χ3n) is 8.51. The van der Waals surface area contributed by atoms with Crippen molar-refractivity contribution < 1.29 is 0 Å². The van der Waals surface area contributed by atoms with Gasteiger partial charge in [0, 0.05) is 23.4 Å². The van der Waals surface area contributed by atoms with Crippen LogP contribution in [0.5, 0.6) is 0 Å². The molecule has 4 nitrogen and oxygen atoms in total. The maximum absolute atomic E-state index is 5.23. The molecule has 0 saturated heterocycles. The predicted octanol–water partition coefficient (Wildman–Crippen LogP) is 9.28. The van der Waals surface area contributed by atoms with Crippen molar-refractivity contribution in [1.82, 2.24) is 9.88 Å². The minimum atomic E-state index is 0.536. The van der Waals surface area contributed by atoms with Gasteiger partial charge in [0.25, 0.3) is 0 Å². The normalized spacial score (nSPS) is 12.6. The van der Waals surface area contributed by atoms with E-state index in [1.54, 1.807) is 0 Å². The number of nitrogens with one attached hydrogen (secondary N) is 1. The fourth-order valence-corrected chi connectivity index (χ4v) is 6.47. The number of fused-ring (bicyclic) bond motifs is 3. The van der Waals surface area contributed by atoms with Gasteiger partial charge < -0.3 is 5.32 Å². The van der Waals surface area contributed by atoms with Gasteiger partial charge in [-0.2, -0.15) is 0 Å². The minimum absolute atomic E-state index is 0.536. The van der Waals surface area contributed by atoms with Crippen LogP contribution in [-0.2, 0) is 6.54 Å². The van der Waals surface area contributed by atoms with Crippen LogP contribution in [-0.4, -0.2) is 23.4 Å². The summed E-state index contributed by atoms with van der Waals surface area (Å²) < 4.78 is 2.27. The zero-order valence-corrected chi connectivity index (χ0v) is 24.4.